The highest BCUT2D eigenvalue weighted by Crippen LogP contribution is 2.23. The molecule has 0 fully saturated rings. The van der Waals surface area contributed by atoms with Gasteiger partial charge in [0.15, 0.2) is 5.75 Å². The van der Waals surface area contributed by atoms with Crippen molar-refractivity contribution in [2.24, 2.45) is 0 Å². The molecule has 19 heavy (non-hydrogen) atoms. The number of hydrogen-bond acceptors (Lipinski definition) is 4. The normalized spacial score (nSPS) is 10.2. The first kappa shape index (κ1) is 12.9. The number of aliphatic carboxylic acids is 1. The summed E-state index contributed by atoms with van der Waals surface area (Å²) in [6.07, 6.45) is 3.24. The average molecular weight is 262 g/mol. The minimum Gasteiger partial charge on any atom is -0.497 e. The molecule has 1 N–H and O–H groups in total. The molecule has 1 heterocycles. The number of aromatic nitrogens is 2. The van der Waals surface area contributed by atoms with Gasteiger partial charge >= 0.3 is 5.97 Å². The number of nitrogens with zero attached hydrogens (tertiary/aromatic N) is 2. The number of ether oxygens (including phenoxy) is 2. The van der Waals surface area contributed by atoms with E-state index in [-0.39, 0.29) is 6.42 Å². The molecule has 0 saturated heterocycles. The summed E-state index contributed by atoms with van der Waals surface area (Å²) in [5.41, 5.74) is 0. The smallest absolute Gasteiger partial charge is 0.305 e. The first-order valence-electron chi connectivity index (χ1n) is 5.73. The standard InChI is InChI=1S/C13H14N2O4/c1-18-10-2-4-11(5-3-10)19-12-8-14-15(9-12)7-6-13(16)17/h2-5,8-9H,6-7H2,1H3,(H,16,17). The molecule has 2 rings (SSSR count). The summed E-state index contributed by atoms with van der Waals surface area (Å²) in [6.45, 7) is 0.321. The second kappa shape index (κ2) is 5.90. The molecule has 0 unspecified atom stereocenters. The van der Waals surface area contributed by atoms with Gasteiger partial charge in [-0.3, -0.25) is 9.48 Å². The number of carboxylic acid groups (broad SMARTS) is 1. The summed E-state index contributed by atoms with van der Waals surface area (Å²) in [6, 6.07) is 7.16. The van der Waals surface area contributed by atoms with Crippen molar-refractivity contribution in [3.63, 3.8) is 0 Å². The molecular formula is C13H14N2O4. The van der Waals surface area contributed by atoms with Gasteiger partial charge in [0.1, 0.15) is 11.5 Å². The van der Waals surface area contributed by atoms with Crippen LogP contribution < -0.4 is 9.47 Å². The van der Waals surface area contributed by atoms with Crippen molar-refractivity contribution in [2.75, 3.05) is 7.11 Å². The maximum atomic E-state index is 10.4. The van der Waals surface area contributed by atoms with E-state index in [0.29, 0.717) is 18.0 Å². The first-order chi connectivity index (χ1) is 9.17. The van der Waals surface area contributed by atoms with Crippen LogP contribution in [0.1, 0.15) is 6.42 Å². The quantitative estimate of drug-likeness (QED) is 0.863. The average Bonchev–Trinajstić information content (AvgIpc) is 2.85. The predicted molar refractivity (Wildman–Crippen MR) is 67.5 cm³/mol. The third kappa shape index (κ3) is 3.74. The molecule has 6 heteroatoms. The Morgan fingerprint density at radius 3 is 2.58 bits per heavy atom. The second-order valence-electron chi connectivity index (χ2n) is 3.86. The van der Waals surface area contributed by atoms with E-state index in [1.54, 1.807) is 43.8 Å². The molecule has 0 saturated carbocycles. The van der Waals surface area contributed by atoms with Gasteiger partial charge in [-0.05, 0) is 24.3 Å². The van der Waals surface area contributed by atoms with Crippen molar-refractivity contribution >= 4 is 5.97 Å². The van der Waals surface area contributed by atoms with Crippen molar-refractivity contribution < 1.29 is 19.4 Å². The lowest BCUT2D eigenvalue weighted by molar-refractivity contribution is -0.137. The van der Waals surface area contributed by atoms with Gasteiger partial charge in [-0.1, -0.05) is 0 Å². The van der Waals surface area contributed by atoms with Gasteiger partial charge < -0.3 is 14.6 Å². The lowest BCUT2D eigenvalue weighted by atomic mass is 10.3. The number of carbonyl (C=O) groups is 1. The zero-order valence-corrected chi connectivity index (χ0v) is 10.4. The fourth-order valence-electron chi connectivity index (χ4n) is 1.51. The molecule has 0 spiro atoms. The molecule has 0 aliphatic heterocycles. The molecule has 1 aromatic heterocycles. The molecule has 0 aliphatic carbocycles. The number of aryl methyl sites for hydroxylation is 1. The fraction of sp³-hybridized carbons (Fsp3) is 0.231. The summed E-state index contributed by atoms with van der Waals surface area (Å²) in [4.78, 5) is 10.4. The van der Waals surface area contributed by atoms with Gasteiger partial charge in [-0.15, -0.1) is 0 Å². The SMILES string of the molecule is COc1ccc(Oc2cnn(CCC(=O)O)c2)cc1. The molecular weight excluding hydrogens is 248 g/mol. The van der Waals surface area contributed by atoms with E-state index < -0.39 is 5.97 Å². The van der Waals surface area contributed by atoms with Gasteiger partial charge in [0.2, 0.25) is 0 Å². The van der Waals surface area contributed by atoms with Crippen LogP contribution in [0.5, 0.6) is 17.2 Å². The minimum absolute atomic E-state index is 0.0314. The highest BCUT2D eigenvalue weighted by molar-refractivity contribution is 5.66. The number of hydrogen-bond donors (Lipinski definition) is 1. The summed E-state index contributed by atoms with van der Waals surface area (Å²) < 4.78 is 12.2. The first-order valence-corrected chi connectivity index (χ1v) is 5.73. The highest BCUT2D eigenvalue weighted by Gasteiger charge is 2.03. The second-order valence-corrected chi connectivity index (χ2v) is 3.86. The Labute approximate surface area is 110 Å². The molecule has 2 aromatic rings. The number of rotatable bonds is 6. The van der Waals surface area contributed by atoms with Crippen molar-refractivity contribution in [2.45, 2.75) is 13.0 Å². The van der Waals surface area contributed by atoms with Crippen LogP contribution in [0.25, 0.3) is 0 Å². The van der Waals surface area contributed by atoms with Crippen LogP contribution in [-0.2, 0) is 11.3 Å². The molecule has 0 atom stereocenters. The topological polar surface area (TPSA) is 73.6 Å². The van der Waals surface area contributed by atoms with E-state index in [4.69, 9.17) is 14.6 Å². The van der Waals surface area contributed by atoms with Crippen LogP contribution in [0, 0.1) is 0 Å². The third-order valence-electron chi connectivity index (χ3n) is 2.46. The fourth-order valence-corrected chi connectivity index (χ4v) is 1.51. The number of carboxylic acids is 1. The summed E-state index contributed by atoms with van der Waals surface area (Å²) in [7, 11) is 1.60. The van der Waals surface area contributed by atoms with Gasteiger partial charge in [0.25, 0.3) is 0 Å². The maximum Gasteiger partial charge on any atom is 0.305 e. The summed E-state index contributed by atoms with van der Waals surface area (Å²) >= 11 is 0. The van der Waals surface area contributed by atoms with Crippen LogP contribution in [0.15, 0.2) is 36.7 Å². The largest absolute Gasteiger partial charge is 0.497 e. The van der Waals surface area contributed by atoms with Crippen LogP contribution in [-0.4, -0.2) is 28.0 Å². The number of benzene rings is 1. The Morgan fingerprint density at radius 2 is 1.95 bits per heavy atom. The predicted octanol–water partition coefficient (Wildman–Crippen LogP) is 2.16. The van der Waals surface area contributed by atoms with Gasteiger partial charge in [0, 0.05) is 0 Å². The summed E-state index contributed by atoms with van der Waals surface area (Å²) in [5, 5.41) is 12.6. The Kier molecular flexibility index (Phi) is 4.02. The van der Waals surface area contributed by atoms with Gasteiger partial charge in [-0.25, -0.2) is 0 Å². The Hall–Kier alpha value is -2.50. The third-order valence-corrected chi connectivity index (χ3v) is 2.46. The molecule has 1 aromatic carbocycles. The van der Waals surface area contributed by atoms with Crippen LogP contribution in [0.2, 0.25) is 0 Å². The van der Waals surface area contributed by atoms with Crippen molar-refractivity contribution in [1.82, 2.24) is 9.78 Å². The Morgan fingerprint density at radius 1 is 1.26 bits per heavy atom. The van der Waals surface area contributed by atoms with Gasteiger partial charge in [-0.2, -0.15) is 5.10 Å². The molecule has 0 radical (unpaired) electrons. The monoisotopic (exact) mass is 262 g/mol. The van der Waals surface area contributed by atoms with Crippen molar-refractivity contribution in [1.29, 1.82) is 0 Å². The maximum absolute atomic E-state index is 10.4. The van der Waals surface area contributed by atoms with E-state index >= 15 is 0 Å². The van der Waals surface area contributed by atoms with E-state index in [9.17, 15) is 4.79 Å². The lowest BCUT2D eigenvalue weighted by Crippen LogP contribution is -2.04. The van der Waals surface area contributed by atoms with E-state index in [0.717, 1.165) is 5.75 Å². The van der Waals surface area contributed by atoms with E-state index in [1.807, 2.05) is 0 Å². The van der Waals surface area contributed by atoms with Gasteiger partial charge in [0.05, 0.1) is 32.5 Å². The van der Waals surface area contributed by atoms with Crippen LogP contribution in [0.4, 0.5) is 0 Å². The zero-order valence-electron chi connectivity index (χ0n) is 10.4. The minimum atomic E-state index is -0.854. The summed E-state index contributed by atoms with van der Waals surface area (Å²) in [5.74, 6) is 1.13. The Bertz CT molecular complexity index is 548. The van der Waals surface area contributed by atoms with Crippen molar-refractivity contribution in [3.05, 3.63) is 36.7 Å². The molecule has 0 amide bonds. The molecule has 100 valence electrons. The van der Waals surface area contributed by atoms with E-state index in [1.165, 1.54) is 4.68 Å². The van der Waals surface area contributed by atoms with E-state index in [2.05, 4.69) is 5.10 Å². The molecule has 0 bridgehead atoms. The number of methoxy groups -OCH3 is 1. The van der Waals surface area contributed by atoms with Crippen molar-refractivity contribution in [3.8, 4) is 17.2 Å². The van der Waals surface area contributed by atoms with Crippen LogP contribution >= 0.6 is 0 Å². The Balaban J connectivity index is 1.96. The molecule has 6 nitrogen and oxygen atoms in total. The zero-order chi connectivity index (χ0) is 13.7. The lowest BCUT2D eigenvalue weighted by Gasteiger charge is -2.03. The molecule has 0 aliphatic rings. The highest BCUT2D eigenvalue weighted by atomic mass is 16.5. The van der Waals surface area contributed by atoms with Crippen LogP contribution in [0.3, 0.4) is 0 Å².